The Kier molecular flexibility index (Phi) is 6.32. The van der Waals surface area contributed by atoms with E-state index >= 15 is 0 Å². The third-order valence-corrected chi connectivity index (χ3v) is 8.75. The molecule has 4 aliphatic heterocycles. The van der Waals surface area contributed by atoms with Gasteiger partial charge in [0.25, 0.3) is 5.91 Å². The first-order valence-corrected chi connectivity index (χ1v) is 13.4. The predicted molar refractivity (Wildman–Crippen MR) is 140 cm³/mol. The summed E-state index contributed by atoms with van der Waals surface area (Å²) in [5.74, 6) is 0.0540. The van der Waals surface area contributed by atoms with Crippen molar-refractivity contribution < 1.29 is 19.5 Å². The fraction of sp³-hybridized carbons (Fsp3) is 0.433. The normalized spacial score (nSPS) is 25.4. The van der Waals surface area contributed by atoms with Crippen LogP contribution >= 0.6 is 0 Å². The van der Waals surface area contributed by atoms with Crippen LogP contribution < -0.4 is 5.32 Å². The number of rotatable bonds is 4. The molecule has 3 atom stereocenters. The number of hydrogen-bond acceptors (Lipinski definition) is 4. The van der Waals surface area contributed by atoms with Gasteiger partial charge in [0.05, 0.1) is 18.9 Å². The van der Waals surface area contributed by atoms with Crippen LogP contribution in [0.5, 0.6) is 0 Å². The first kappa shape index (κ1) is 23.9. The number of aliphatic hydroxyl groups is 1. The molecule has 4 aliphatic rings. The number of carbonyl (C=O) groups is 3. The number of piperidine rings is 1. The molecule has 2 bridgehead atoms. The molecule has 2 aromatic carbocycles. The van der Waals surface area contributed by atoms with Gasteiger partial charge in [0.1, 0.15) is 0 Å². The van der Waals surface area contributed by atoms with Gasteiger partial charge in [-0.1, -0.05) is 42.5 Å². The number of likely N-dealkylation sites (tertiary alicyclic amines) is 1. The van der Waals surface area contributed by atoms with Gasteiger partial charge in [-0.3, -0.25) is 14.4 Å². The molecule has 1 unspecified atom stereocenters. The van der Waals surface area contributed by atoms with Gasteiger partial charge in [0.2, 0.25) is 11.8 Å². The van der Waals surface area contributed by atoms with Crippen molar-refractivity contribution in [3.8, 4) is 0 Å². The van der Waals surface area contributed by atoms with E-state index < -0.39 is 0 Å². The number of benzene rings is 2. The summed E-state index contributed by atoms with van der Waals surface area (Å²) in [6.45, 7) is 1.44. The first-order chi connectivity index (χ1) is 18.0. The standard InChI is InChI=1S/C30H33N3O4/c34-18-21-6-1-3-7-24(21)19-11-13-32(14-12-19)30(37)25-17-23-9-10-27(25)33(23)29(36)22-15-20-5-2-4-8-26(20)31-28(35)16-22/h1-8,15,19,23,25,27,34H,9-14,16-18H2,(H,31,35)/t23-,25?,27-/m0/s1. The van der Waals surface area contributed by atoms with Gasteiger partial charge in [-0.2, -0.15) is 0 Å². The molecule has 3 fully saturated rings. The van der Waals surface area contributed by atoms with Gasteiger partial charge in [0, 0.05) is 36.4 Å². The van der Waals surface area contributed by atoms with Gasteiger partial charge >= 0.3 is 0 Å². The number of para-hydroxylation sites is 1. The Bertz CT molecular complexity index is 1260. The van der Waals surface area contributed by atoms with Crippen LogP contribution in [-0.4, -0.2) is 57.8 Å². The first-order valence-electron chi connectivity index (χ1n) is 13.4. The zero-order valence-electron chi connectivity index (χ0n) is 20.9. The largest absolute Gasteiger partial charge is 0.392 e. The Morgan fingerprint density at radius 2 is 1.73 bits per heavy atom. The smallest absolute Gasteiger partial charge is 0.250 e. The van der Waals surface area contributed by atoms with Crippen molar-refractivity contribution in [2.45, 2.75) is 63.1 Å². The highest BCUT2D eigenvalue weighted by atomic mass is 16.3. The lowest BCUT2D eigenvalue weighted by Crippen LogP contribution is -2.46. The minimum Gasteiger partial charge on any atom is -0.392 e. The summed E-state index contributed by atoms with van der Waals surface area (Å²) in [6, 6.07) is 15.5. The SMILES string of the molecule is O=C1CC(C(=O)N2[C@H]3CC[C@H]2C(C(=O)N2CCC(c4ccccc4CO)CC2)C3)=Cc2ccccc2N1. The summed E-state index contributed by atoms with van der Waals surface area (Å²) in [5.41, 5.74) is 4.21. The Hall–Kier alpha value is -3.45. The van der Waals surface area contributed by atoms with Crippen molar-refractivity contribution in [1.82, 2.24) is 9.80 Å². The highest BCUT2D eigenvalue weighted by Gasteiger charge is 2.52. The highest BCUT2D eigenvalue weighted by molar-refractivity contribution is 6.08. The van der Waals surface area contributed by atoms with E-state index in [-0.39, 0.29) is 48.8 Å². The lowest BCUT2D eigenvalue weighted by atomic mass is 9.84. The molecule has 2 N–H and O–H groups in total. The molecule has 0 aromatic heterocycles. The van der Waals surface area contributed by atoms with Crippen molar-refractivity contribution in [2.75, 3.05) is 18.4 Å². The quantitative estimate of drug-likeness (QED) is 0.672. The van der Waals surface area contributed by atoms with Gasteiger partial charge in [-0.15, -0.1) is 0 Å². The van der Waals surface area contributed by atoms with E-state index in [2.05, 4.69) is 11.4 Å². The van der Waals surface area contributed by atoms with Gasteiger partial charge in [-0.25, -0.2) is 0 Å². The second-order valence-corrected chi connectivity index (χ2v) is 10.8. The maximum atomic E-state index is 13.7. The lowest BCUT2D eigenvalue weighted by molar-refractivity contribution is -0.138. The van der Waals surface area contributed by atoms with Crippen LogP contribution in [0.15, 0.2) is 54.1 Å². The number of hydrogen-bond donors (Lipinski definition) is 2. The Labute approximate surface area is 217 Å². The molecule has 37 heavy (non-hydrogen) atoms. The second-order valence-electron chi connectivity index (χ2n) is 10.8. The molecule has 0 aliphatic carbocycles. The maximum Gasteiger partial charge on any atom is 0.250 e. The lowest BCUT2D eigenvalue weighted by Gasteiger charge is -2.36. The van der Waals surface area contributed by atoms with E-state index in [1.54, 1.807) is 0 Å². The number of carbonyl (C=O) groups excluding carboxylic acids is 3. The molecule has 0 saturated carbocycles. The van der Waals surface area contributed by atoms with Crippen LogP contribution in [0.3, 0.4) is 0 Å². The number of aliphatic hydroxyl groups excluding tert-OH is 1. The highest BCUT2D eigenvalue weighted by Crippen LogP contribution is 2.44. The van der Waals surface area contributed by atoms with Crippen molar-refractivity contribution in [3.63, 3.8) is 0 Å². The van der Waals surface area contributed by atoms with Crippen LogP contribution in [0.1, 0.15) is 61.1 Å². The molecule has 3 amide bonds. The Morgan fingerprint density at radius 3 is 2.54 bits per heavy atom. The second kappa shape index (κ2) is 9.78. The van der Waals surface area contributed by atoms with Gasteiger partial charge in [-0.05, 0) is 66.9 Å². The van der Waals surface area contributed by atoms with E-state index in [0.717, 1.165) is 42.5 Å². The predicted octanol–water partition coefficient (Wildman–Crippen LogP) is 3.69. The van der Waals surface area contributed by atoms with Crippen molar-refractivity contribution in [2.24, 2.45) is 5.92 Å². The average molecular weight is 500 g/mol. The fourth-order valence-corrected chi connectivity index (χ4v) is 6.94. The summed E-state index contributed by atoms with van der Waals surface area (Å²) < 4.78 is 0. The third-order valence-electron chi connectivity index (χ3n) is 8.75. The zero-order valence-corrected chi connectivity index (χ0v) is 20.9. The molecule has 0 spiro atoms. The number of nitrogens with one attached hydrogen (secondary N) is 1. The number of amides is 3. The molecule has 4 heterocycles. The van der Waals surface area contributed by atoms with Crippen LogP contribution in [-0.2, 0) is 21.0 Å². The molecule has 0 radical (unpaired) electrons. The summed E-state index contributed by atoms with van der Waals surface area (Å²) >= 11 is 0. The molecule has 7 heteroatoms. The fourth-order valence-electron chi connectivity index (χ4n) is 6.94. The van der Waals surface area contributed by atoms with Gasteiger partial charge < -0.3 is 20.2 Å². The van der Waals surface area contributed by atoms with Crippen molar-refractivity contribution in [3.05, 3.63) is 70.8 Å². The van der Waals surface area contributed by atoms with E-state index in [1.165, 1.54) is 5.56 Å². The minimum atomic E-state index is -0.186. The van der Waals surface area contributed by atoms with E-state index in [1.807, 2.05) is 58.3 Å². The number of nitrogens with zero attached hydrogens (tertiary/aromatic N) is 2. The van der Waals surface area contributed by atoms with Crippen molar-refractivity contribution >= 4 is 29.5 Å². The van der Waals surface area contributed by atoms with E-state index in [9.17, 15) is 19.5 Å². The Balaban J connectivity index is 1.14. The topological polar surface area (TPSA) is 90.0 Å². The summed E-state index contributed by atoms with van der Waals surface area (Å²) in [6.07, 6.45) is 6.10. The van der Waals surface area contributed by atoms with Gasteiger partial charge in [0.15, 0.2) is 0 Å². The summed E-state index contributed by atoms with van der Waals surface area (Å²) in [7, 11) is 0. The van der Waals surface area contributed by atoms with Crippen LogP contribution in [0.25, 0.3) is 6.08 Å². The van der Waals surface area contributed by atoms with Crippen LogP contribution in [0.2, 0.25) is 0 Å². The monoisotopic (exact) mass is 499 g/mol. The molecule has 6 rings (SSSR count). The molecule has 192 valence electrons. The number of fused-ring (bicyclic) bond motifs is 3. The Morgan fingerprint density at radius 1 is 0.973 bits per heavy atom. The van der Waals surface area contributed by atoms with Crippen LogP contribution in [0, 0.1) is 5.92 Å². The summed E-state index contributed by atoms with van der Waals surface area (Å²) in [5, 5.41) is 12.6. The molecular weight excluding hydrogens is 466 g/mol. The molecule has 2 aromatic rings. The minimum absolute atomic E-state index is 0.0357. The molecule has 7 nitrogen and oxygen atoms in total. The van der Waals surface area contributed by atoms with Crippen LogP contribution in [0.4, 0.5) is 5.69 Å². The maximum absolute atomic E-state index is 13.7. The summed E-state index contributed by atoms with van der Waals surface area (Å²) in [4.78, 5) is 43.8. The van der Waals surface area contributed by atoms with Crippen molar-refractivity contribution in [1.29, 1.82) is 0 Å². The zero-order chi connectivity index (χ0) is 25.5. The molecular formula is C30H33N3O4. The van der Waals surface area contributed by atoms with E-state index in [4.69, 9.17) is 0 Å². The van der Waals surface area contributed by atoms with E-state index in [0.29, 0.717) is 31.0 Å². The average Bonchev–Trinajstić information content (AvgIpc) is 3.45. The molecule has 3 saturated heterocycles. The number of anilines is 1. The third kappa shape index (κ3) is 4.35.